The fourth-order valence-electron chi connectivity index (χ4n) is 2.29. The van der Waals surface area contributed by atoms with E-state index in [1.165, 1.54) is 38.4 Å². The highest BCUT2D eigenvalue weighted by molar-refractivity contribution is 9.10. The van der Waals surface area contributed by atoms with Crippen molar-refractivity contribution in [2.75, 3.05) is 19.0 Å². The number of rotatable bonds is 9. The number of ether oxygens (including phenoxy) is 2. The highest BCUT2D eigenvalue weighted by Crippen LogP contribution is 2.36. The Labute approximate surface area is 182 Å². The first-order valence-electron chi connectivity index (χ1n) is 8.87. The Morgan fingerprint density at radius 2 is 2.03 bits per heavy atom. The van der Waals surface area contributed by atoms with E-state index in [4.69, 9.17) is 9.47 Å². The Bertz CT molecular complexity index is 965. The molecule has 0 radical (unpaired) electrons. The van der Waals surface area contributed by atoms with Gasteiger partial charge in [-0.25, -0.2) is 9.82 Å². The van der Waals surface area contributed by atoms with Gasteiger partial charge in [0.1, 0.15) is 18.3 Å². The van der Waals surface area contributed by atoms with Gasteiger partial charge in [0.05, 0.1) is 23.5 Å². The molecule has 0 aromatic heterocycles. The van der Waals surface area contributed by atoms with Gasteiger partial charge in [0.15, 0.2) is 11.5 Å². The maximum atomic E-state index is 13.6. The minimum absolute atomic E-state index is 0.00126. The zero-order valence-corrected chi connectivity index (χ0v) is 18.0. The number of anilines is 1. The lowest BCUT2D eigenvalue weighted by atomic mass is 10.1. The van der Waals surface area contributed by atoms with Crippen molar-refractivity contribution in [2.24, 2.45) is 11.0 Å². The standard InChI is InChI=1S/C21H21BrFN3O4/c1-4-9-30-19-15(22)10-14(11-18(19)29-3)12-24-26-21(28)13(2)20(27)25-17-8-6-5-7-16(17)23/h4-8,10-13H,1,9H2,2-3H3,(H,25,27)(H,26,28). The van der Waals surface area contributed by atoms with Gasteiger partial charge >= 0.3 is 0 Å². The third-order valence-corrected chi connectivity index (χ3v) is 4.49. The lowest BCUT2D eigenvalue weighted by Gasteiger charge is -2.12. The molecule has 0 aliphatic rings. The number of carbonyl (C=O) groups excluding carboxylic acids is 2. The normalized spacial score (nSPS) is 11.6. The van der Waals surface area contributed by atoms with E-state index in [-0.39, 0.29) is 5.69 Å². The number of hydrazone groups is 1. The molecule has 2 amide bonds. The van der Waals surface area contributed by atoms with E-state index >= 15 is 0 Å². The number of para-hydroxylation sites is 1. The van der Waals surface area contributed by atoms with E-state index in [1.807, 2.05) is 0 Å². The molecule has 9 heteroatoms. The van der Waals surface area contributed by atoms with Crippen LogP contribution in [-0.4, -0.2) is 31.7 Å². The molecule has 1 atom stereocenters. The van der Waals surface area contributed by atoms with Crippen LogP contribution >= 0.6 is 15.9 Å². The Kier molecular flexibility index (Phi) is 8.54. The zero-order chi connectivity index (χ0) is 22.1. The topological polar surface area (TPSA) is 89.0 Å². The number of nitrogens with zero attached hydrogens (tertiary/aromatic N) is 1. The molecule has 0 spiro atoms. The molecule has 0 saturated heterocycles. The van der Waals surface area contributed by atoms with Gasteiger partial charge < -0.3 is 14.8 Å². The van der Waals surface area contributed by atoms with Crippen LogP contribution in [0.25, 0.3) is 0 Å². The highest BCUT2D eigenvalue weighted by Gasteiger charge is 2.22. The third-order valence-electron chi connectivity index (χ3n) is 3.90. The van der Waals surface area contributed by atoms with E-state index in [2.05, 4.69) is 38.4 Å². The predicted molar refractivity (Wildman–Crippen MR) is 116 cm³/mol. The van der Waals surface area contributed by atoms with Crippen LogP contribution in [0.3, 0.4) is 0 Å². The predicted octanol–water partition coefficient (Wildman–Crippen LogP) is 3.89. The molecular formula is C21H21BrFN3O4. The summed E-state index contributed by atoms with van der Waals surface area (Å²) in [5.74, 6) is -1.99. The molecule has 2 aromatic rings. The molecular weight excluding hydrogens is 457 g/mol. The smallest absolute Gasteiger partial charge is 0.252 e. The number of benzene rings is 2. The number of hydrogen-bond acceptors (Lipinski definition) is 5. The van der Waals surface area contributed by atoms with Gasteiger partial charge in [-0.15, -0.1) is 0 Å². The van der Waals surface area contributed by atoms with Crippen molar-refractivity contribution in [2.45, 2.75) is 6.92 Å². The molecule has 158 valence electrons. The van der Waals surface area contributed by atoms with E-state index in [9.17, 15) is 14.0 Å². The molecule has 2 N–H and O–H groups in total. The van der Waals surface area contributed by atoms with Gasteiger partial charge in [-0.1, -0.05) is 24.8 Å². The molecule has 0 saturated carbocycles. The van der Waals surface area contributed by atoms with E-state index in [1.54, 1.807) is 24.3 Å². The second-order valence-corrected chi connectivity index (χ2v) is 6.91. The fourth-order valence-corrected chi connectivity index (χ4v) is 2.86. The SMILES string of the molecule is C=CCOc1c(Br)cc(C=NNC(=O)C(C)C(=O)Nc2ccccc2F)cc1OC. The molecule has 7 nitrogen and oxygen atoms in total. The van der Waals surface area contributed by atoms with Crippen LogP contribution in [0.4, 0.5) is 10.1 Å². The average Bonchev–Trinajstić information content (AvgIpc) is 2.73. The molecule has 0 fully saturated rings. The Hall–Kier alpha value is -3.20. The summed E-state index contributed by atoms with van der Waals surface area (Å²) in [5, 5.41) is 6.24. The van der Waals surface area contributed by atoms with E-state index < -0.39 is 23.5 Å². The lowest BCUT2D eigenvalue weighted by molar-refractivity contribution is -0.131. The van der Waals surface area contributed by atoms with Gasteiger partial charge in [-0.3, -0.25) is 9.59 Å². The number of nitrogens with one attached hydrogen (secondary N) is 2. The minimum Gasteiger partial charge on any atom is -0.493 e. The monoisotopic (exact) mass is 477 g/mol. The van der Waals surface area contributed by atoms with Crippen LogP contribution in [0.2, 0.25) is 0 Å². The summed E-state index contributed by atoms with van der Waals surface area (Å²) >= 11 is 3.40. The van der Waals surface area contributed by atoms with Crippen LogP contribution in [0, 0.1) is 11.7 Å². The summed E-state index contributed by atoms with van der Waals surface area (Å²) in [6.45, 7) is 5.31. The van der Waals surface area contributed by atoms with Crippen molar-refractivity contribution in [3.63, 3.8) is 0 Å². The third kappa shape index (κ3) is 6.15. The molecule has 2 rings (SSSR count). The molecule has 30 heavy (non-hydrogen) atoms. The summed E-state index contributed by atoms with van der Waals surface area (Å²) < 4.78 is 25.1. The maximum Gasteiger partial charge on any atom is 0.252 e. The Morgan fingerprint density at radius 3 is 2.70 bits per heavy atom. The van der Waals surface area contributed by atoms with Gasteiger partial charge in [-0.05, 0) is 52.7 Å². The van der Waals surface area contributed by atoms with Crippen LogP contribution in [0.5, 0.6) is 11.5 Å². The first-order valence-corrected chi connectivity index (χ1v) is 9.66. The van der Waals surface area contributed by atoms with E-state index in [0.29, 0.717) is 28.1 Å². The van der Waals surface area contributed by atoms with Crippen molar-refractivity contribution in [3.05, 3.63) is 64.9 Å². The van der Waals surface area contributed by atoms with Crippen LogP contribution in [0.15, 0.2) is 58.6 Å². The molecule has 0 aliphatic heterocycles. The minimum atomic E-state index is -1.09. The summed E-state index contributed by atoms with van der Waals surface area (Å²) in [7, 11) is 1.50. The molecule has 1 unspecified atom stereocenters. The maximum absolute atomic E-state index is 13.6. The second kappa shape index (κ2) is 11.1. The van der Waals surface area contributed by atoms with E-state index in [0.717, 1.165) is 0 Å². The largest absolute Gasteiger partial charge is 0.493 e. The van der Waals surface area contributed by atoms with Crippen molar-refractivity contribution in [1.82, 2.24) is 5.43 Å². The lowest BCUT2D eigenvalue weighted by Crippen LogP contribution is -2.34. The van der Waals surface area contributed by atoms with Crippen molar-refractivity contribution in [1.29, 1.82) is 0 Å². The number of halogens is 2. The first kappa shape index (κ1) is 23.1. The fraction of sp³-hybridized carbons (Fsp3) is 0.190. The average molecular weight is 478 g/mol. The molecule has 2 aromatic carbocycles. The summed E-state index contributed by atoms with van der Waals surface area (Å²) in [4.78, 5) is 24.3. The zero-order valence-electron chi connectivity index (χ0n) is 16.4. The Balaban J connectivity index is 2.01. The first-order chi connectivity index (χ1) is 14.4. The number of amides is 2. The number of carbonyl (C=O) groups is 2. The molecule has 0 heterocycles. The van der Waals surface area contributed by atoms with Gasteiger partial charge in [0, 0.05) is 0 Å². The van der Waals surface area contributed by atoms with Crippen molar-refractivity contribution < 1.29 is 23.5 Å². The van der Waals surface area contributed by atoms with Gasteiger partial charge in [-0.2, -0.15) is 5.10 Å². The summed E-state index contributed by atoms with van der Waals surface area (Å²) in [6, 6.07) is 9.10. The number of methoxy groups -OCH3 is 1. The van der Waals surface area contributed by atoms with Crippen LogP contribution < -0.4 is 20.2 Å². The highest BCUT2D eigenvalue weighted by atomic mass is 79.9. The van der Waals surface area contributed by atoms with Crippen molar-refractivity contribution >= 4 is 39.6 Å². The summed E-state index contributed by atoms with van der Waals surface area (Å²) in [6.07, 6.45) is 3.00. The number of hydrogen-bond donors (Lipinski definition) is 2. The molecule has 0 aliphatic carbocycles. The van der Waals surface area contributed by atoms with Gasteiger partial charge in [0.2, 0.25) is 5.91 Å². The van der Waals surface area contributed by atoms with Gasteiger partial charge in [0.25, 0.3) is 5.91 Å². The molecule has 0 bridgehead atoms. The quantitative estimate of drug-likeness (QED) is 0.248. The Morgan fingerprint density at radius 1 is 1.30 bits per heavy atom. The van der Waals surface area contributed by atoms with Crippen LogP contribution in [-0.2, 0) is 9.59 Å². The summed E-state index contributed by atoms with van der Waals surface area (Å²) in [5.41, 5.74) is 2.91. The second-order valence-electron chi connectivity index (χ2n) is 6.06. The van der Waals surface area contributed by atoms with Crippen LogP contribution in [0.1, 0.15) is 12.5 Å². The van der Waals surface area contributed by atoms with Crippen molar-refractivity contribution in [3.8, 4) is 11.5 Å².